The first-order valence-corrected chi connectivity index (χ1v) is 13.3. The number of rotatable bonds is 7. The molecule has 2 N–H and O–H groups in total. The lowest BCUT2D eigenvalue weighted by Crippen LogP contribution is -2.38. The highest BCUT2D eigenvalue weighted by Gasteiger charge is 2.27. The molecule has 1 aromatic heterocycles. The molecule has 0 aliphatic heterocycles. The molecule has 0 radical (unpaired) electrons. The first kappa shape index (κ1) is 25.9. The summed E-state index contributed by atoms with van der Waals surface area (Å²) in [6.07, 6.45) is -0.810. The molecule has 1 atom stereocenters. The number of carbonyl (C=O) groups excluding carboxylic acids is 2. The van der Waals surface area contributed by atoms with Gasteiger partial charge in [-0.25, -0.2) is 0 Å². The first-order chi connectivity index (χ1) is 18.3. The molecule has 9 heteroatoms. The zero-order valence-corrected chi connectivity index (χ0v) is 23.6. The van der Waals surface area contributed by atoms with Gasteiger partial charge in [0.15, 0.2) is 6.23 Å². The van der Waals surface area contributed by atoms with E-state index in [0.717, 1.165) is 32.7 Å². The lowest BCUT2D eigenvalue weighted by atomic mass is 9.89. The summed E-state index contributed by atoms with van der Waals surface area (Å²) >= 11 is 6.60. The number of hydrogen-bond acceptors (Lipinski definition) is 6. The minimum absolute atomic E-state index is 0.0490. The Kier molecular flexibility index (Phi) is 7.23. The second kappa shape index (κ2) is 10.6. The normalized spacial score (nSPS) is 12.0. The fourth-order valence-corrected chi connectivity index (χ4v) is 6.06. The van der Waals surface area contributed by atoms with Crippen LogP contribution in [-0.2, 0) is 16.0 Å². The van der Waals surface area contributed by atoms with Crippen molar-refractivity contribution in [3.05, 3.63) is 92.1 Å². The molecule has 38 heavy (non-hydrogen) atoms. The summed E-state index contributed by atoms with van der Waals surface area (Å²) in [5, 5.41) is 21.1. The standard InChI is InChI=1S/C29H22Br2N2O5/c1-15-18-7-3-5-9-20(18)26(21-10-6-4-8-19(15)21)27-25(16(2)38-33-27)29(36)32-24(37-14-34)13-17-11-22(30)28(35)23(31)12-17/h3-12,14,24,35H,13H2,1-2H3,(H,32,36). The van der Waals surface area contributed by atoms with Crippen LogP contribution >= 0.6 is 31.9 Å². The highest BCUT2D eigenvalue weighted by Crippen LogP contribution is 2.40. The van der Waals surface area contributed by atoms with Crippen molar-refractivity contribution in [3.63, 3.8) is 0 Å². The molecule has 5 rings (SSSR count). The number of hydrogen-bond donors (Lipinski definition) is 2. The average molecular weight is 638 g/mol. The van der Waals surface area contributed by atoms with Crippen LogP contribution < -0.4 is 5.32 Å². The maximum Gasteiger partial charge on any atom is 0.295 e. The quantitative estimate of drug-likeness (QED) is 0.114. The Bertz CT molecular complexity index is 1630. The fourth-order valence-electron chi connectivity index (χ4n) is 4.78. The lowest BCUT2D eigenvalue weighted by Gasteiger charge is -2.18. The van der Waals surface area contributed by atoms with Crippen molar-refractivity contribution >= 4 is 65.8 Å². The molecule has 0 bridgehead atoms. The number of amides is 1. The maximum atomic E-state index is 13.7. The summed E-state index contributed by atoms with van der Waals surface area (Å²) in [6.45, 7) is 4.04. The van der Waals surface area contributed by atoms with Crippen LogP contribution in [0.4, 0.5) is 0 Å². The van der Waals surface area contributed by atoms with Gasteiger partial charge in [-0.15, -0.1) is 0 Å². The van der Waals surface area contributed by atoms with Gasteiger partial charge in [0.25, 0.3) is 12.4 Å². The molecule has 7 nitrogen and oxygen atoms in total. The maximum absolute atomic E-state index is 13.7. The molecule has 0 saturated heterocycles. The van der Waals surface area contributed by atoms with Crippen molar-refractivity contribution < 1.29 is 24.0 Å². The molecule has 192 valence electrons. The fraction of sp³-hybridized carbons (Fsp3) is 0.138. The monoisotopic (exact) mass is 636 g/mol. The third kappa shape index (κ3) is 4.68. The van der Waals surface area contributed by atoms with Crippen LogP contribution in [-0.4, -0.2) is 28.9 Å². The number of carbonyl (C=O) groups is 2. The van der Waals surface area contributed by atoms with Crippen molar-refractivity contribution in [2.75, 3.05) is 0 Å². The highest BCUT2D eigenvalue weighted by atomic mass is 79.9. The molecule has 0 aliphatic rings. The van der Waals surface area contributed by atoms with E-state index in [2.05, 4.69) is 61.4 Å². The Morgan fingerprint density at radius 1 is 1.03 bits per heavy atom. The van der Waals surface area contributed by atoms with Crippen molar-refractivity contribution in [2.24, 2.45) is 0 Å². The number of halogens is 2. The van der Waals surface area contributed by atoms with Gasteiger partial charge in [-0.1, -0.05) is 53.7 Å². The van der Waals surface area contributed by atoms with Crippen LogP contribution in [0.15, 0.2) is 74.1 Å². The predicted octanol–water partition coefficient (Wildman–Crippen LogP) is 6.97. The van der Waals surface area contributed by atoms with Crippen molar-refractivity contribution in [1.82, 2.24) is 10.5 Å². The Hall–Kier alpha value is -3.69. The SMILES string of the molecule is Cc1onc(-c2c3ccccc3c(C)c3ccccc23)c1C(=O)NC(Cc1cc(Br)c(O)c(Br)c1)OC=O. The smallest absolute Gasteiger partial charge is 0.295 e. The third-order valence-electron chi connectivity index (χ3n) is 6.54. The predicted molar refractivity (Wildman–Crippen MR) is 152 cm³/mol. The zero-order valence-electron chi connectivity index (χ0n) is 20.4. The van der Waals surface area contributed by atoms with E-state index in [1.165, 1.54) is 0 Å². The van der Waals surface area contributed by atoms with Gasteiger partial charge in [-0.05, 0) is 90.5 Å². The number of ether oxygens (including phenoxy) is 1. The third-order valence-corrected chi connectivity index (χ3v) is 7.75. The van der Waals surface area contributed by atoms with Gasteiger partial charge in [-0.3, -0.25) is 9.59 Å². The molecular formula is C29H22Br2N2O5. The lowest BCUT2D eigenvalue weighted by molar-refractivity contribution is -0.134. The Morgan fingerprint density at radius 2 is 1.58 bits per heavy atom. The van der Waals surface area contributed by atoms with Gasteiger partial charge in [0.05, 0.1) is 8.95 Å². The van der Waals surface area contributed by atoms with E-state index in [4.69, 9.17) is 9.26 Å². The largest absolute Gasteiger partial charge is 0.506 e. The van der Waals surface area contributed by atoms with E-state index in [-0.39, 0.29) is 24.2 Å². The van der Waals surface area contributed by atoms with Crippen LogP contribution in [0.1, 0.15) is 27.2 Å². The Morgan fingerprint density at radius 3 is 2.13 bits per heavy atom. The first-order valence-electron chi connectivity index (χ1n) is 11.7. The number of phenolic OH excluding ortho intramolecular Hbond substituents is 1. The Labute approximate surface area is 235 Å². The van der Waals surface area contributed by atoms with Gasteiger partial charge >= 0.3 is 0 Å². The van der Waals surface area contributed by atoms with Crippen molar-refractivity contribution in [3.8, 4) is 17.0 Å². The van der Waals surface area contributed by atoms with E-state index >= 15 is 0 Å². The molecule has 4 aromatic carbocycles. The molecule has 0 spiro atoms. The van der Waals surface area contributed by atoms with Gasteiger partial charge < -0.3 is 19.7 Å². The number of benzene rings is 4. The number of fused-ring (bicyclic) bond motifs is 2. The van der Waals surface area contributed by atoms with Crippen LogP contribution in [0.3, 0.4) is 0 Å². The van der Waals surface area contributed by atoms with Gasteiger partial charge in [-0.2, -0.15) is 0 Å². The zero-order chi connectivity index (χ0) is 27.0. The number of nitrogens with zero attached hydrogens (tertiary/aromatic N) is 1. The molecule has 1 amide bonds. The van der Waals surface area contributed by atoms with E-state index < -0.39 is 12.1 Å². The second-order valence-corrected chi connectivity index (χ2v) is 10.6. The summed E-state index contributed by atoms with van der Waals surface area (Å²) in [4.78, 5) is 24.9. The van der Waals surface area contributed by atoms with E-state index in [1.807, 2.05) is 36.4 Å². The number of phenols is 1. The number of aryl methyl sites for hydroxylation is 2. The van der Waals surface area contributed by atoms with Crippen LogP contribution in [0, 0.1) is 13.8 Å². The topological polar surface area (TPSA) is 102 Å². The average Bonchev–Trinajstić information content (AvgIpc) is 3.28. The summed E-state index contributed by atoms with van der Waals surface area (Å²) in [5.74, 6) is -0.101. The molecule has 1 unspecified atom stereocenters. The summed E-state index contributed by atoms with van der Waals surface area (Å²) in [5.41, 5.74) is 3.32. The molecule has 5 aromatic rings. The summed E-state index contributed by atoms with van der Waals surface area (Å²) < 4.78 is 11.7. The second-order valence-electron chi connectivity index (χ2n) is 8.86. The van der Waals surface area contributed by atoms with E-state index in [0.29, 0.717) is 26.0 Å². The summed E-state index contributed by atoms with van der Waals surface area (Å²) in [7, 11) is 0. The van der Waals surface area contributed by atoms with Crippen LogP contribution in [0.2, 0.25) is 0 Å². The minimum atomic E-state index is -0.975. The summed E-state index contributed by atoms with van der Waals surface area (Å²) in [6, 6.07) is 19.4. The molecule has 0 aliphatic carbocycles. The molecule has 1 heterocycles. The van der Waals surface area contributed by atoms with Crippen LogP contribution in [0.5, 0.6) is 5.75 Å². The number of aromatic nitrogens is 1. The molecule has 0 saturated carbocycles. The van der Waals surface area contributed by atoms with Gasteiger partial charge in [0.2, 0.25) is 0 Å². The number of aromatic hydroxyl groups is 1. The number of nitrogens with one attached hydrogen (secondary N) is 1. The Balaban J connectivity index is 1.58. The molecule has 0 fully saturated rings. The van der Waals surface area contributed by atoms with E-state index in [1.54, 1.807) is 19.1 Å². The molecular weight excluding hydrogens is 616 g/mol. The highest BCUT2D eigenvalue weighted by molar-refractivity contribution is 9.11. The van der Waals surface area contributed by atoms with Gasteiger partial charge in [0.1, 0.15) is 22.8 Å². The minimum Gasteiger partial charge on any atom is -0.506 e. The van der Waals surface area contributed by atoms with E-state index in [9.17, 15) is 14.7 Å². The van der Waals surface area contributed by atoms with Crippen molar-refractivity contribution in [2.45, 2.75) is 26.5 Å². The van der Waals surface area contributed by atoms with Crippen molar-refractivity contribution in [1.29, 1.82) is 0 Å². The van der Waals surface area contributed by atoms with Gasteiger partial charge in [0, 0.05) is 12.0 Å². The van der Waals surface area contributed by atoms with Crippen LogP contribution in [0.25, 0.3) is 32.8 Å².